The van der Waals surface area contributed by atoms with Gasteiger partial charge in [-0.2, -0.15) is 0 Å². The molecule has 0 unspecified atom stereocenters. The Morgan fingerprint density at radius 3 is 2.04 bits per heavy atom. The van der Waals surface area contributed by atoms with Gasteiger partial charge in [-0.15, -0.1) is 0 Å². The summed E-state index contributed by atoms with van der Waals surface area (Å²) in [6.07, 6.45) is 0. The van der Waals surface area contributed by atoms with E-state index in [4.69, 9.17) is 4.74 Å². The first kappa shape index (κ1) is 19.5. The van der Waals surface area contributed by atoms with Crippen LogP contribution in [-0.2, 0) is 4.79 Å². The van der Waals surface area contributed by atoms with Crippen molar-refractivity contribution in [2.45, 2.75) is 20.8 Å². The third-order valence-electron chi connectivity index (χ3n) is 4.52. The van der Waals surface area contributed by atoms with Crippen LogP contribution in [0.25, 0.3) is 22.3 Å². The topological polar surface area (TPSA) is 26.3 Å². The fourth-order valence-electron chi connectivity index (χ4n) is 2.89. The molecule has 3 aromatic carbocycles. The van der Waals surface area contributed by atoms with Gasteiger partial charge in [0.1, 0.15) is 17.4 Å². The second-order valence-electron chi connectivity index (χ2n) is 6.81. The predicted octanol–water partition coefficient (Wildman–Crippen LogP) is 6.40. The van der Waals surface area contributed by atoms with E-state index in [0.29, 0.717) is 33.6 Å². The normalized spacial score (nSPS) is 10.6. The highest BCUT2D eigenvalue weighted by Crippen LogP contribution is 2.32. The standard InChI is InChI=1S/C24H20F2O2/c1-14(2)24(27)28-19-8-10-20(16(4)11-19)17-7-9-21(23(26)13-17)18-6-5-15(3)22(25)12-18/h5-13H,1H2,2-4H3. The Morgan fingerprint density at radius 2 is 1.43 bits per heavy atom. The van der Waals surface area contributed by atoms with Crippen LogP contribution in [0.3, 0.4) is 0 Å². The van der Waals surface area contributed by atoms with E-state index in [-0.39, 0.29) is 5.82 Å². The van der Waals surface area contributed by atoms with Crippen molar-refractivity contribution in [3.63, 3.8) is 0 Å². The number of ether oxygens (including phenoxy) is 1. The summed E-state index contributed by atoms with van der Waals surface area (Å²) in [6, 6.07) is 14.7. The molecule has 3 rings (SSSR count). The molecule has 0 radical (unpaired) electrons. The van der Waals surface area contributed by atoms with Crippen molar-refractivity contribution < 1.29 is 18.3 Å². The van der Waals surface area contributed by atoms with Crippen LogP contribution in [0, 0.1) is 25.5 Å². The van der Waals surface area contributed by atoms with Gasteiger partial charge in [-0.1, -0.05) is 36.9 Å². The summed E-state index contributed by atoms with van der Waals surface area (Å²) in [5.41, 5.74) is 3.99. The average Bonchev–Trinajstić information content (AvgIpc) is 2.64. The Balaban J connectivity index is 1.92. The maximum absolute atomic E-state index is 14.7. The van der Waals surface area contributed by atoms with Gasteiger partial charge in [0, 0.05) is 11.1 Å². The lowest BCUT2D eigenvalue weighted by Gasteiger charge is -2.11. The Kier molecular flexibility index (Phi) is 5.41. The second kappa shape index (κ2) is 7.77. The predicted molar refractivity (Wildman–Crippen MR) is 107 cm³/mol. The van der Waals surface area contributed by atoms with E-state index >= 15 is 0 Å². The third-order valence-corrected chi connectivity index (χ3v) is 4.52. The van der Waals surface area contributed by atoms with Gasteiger partial charge >= 0.3 is 5.97 Å². The van der Waals surface area contributed by atoms with Gasteiger partial charge in [-0.05, 0) is 72.9 Å². The Hall–Kier alpha value is -3.27. The van der Waals surface area contributed by atoms with Crippen molar-refractivity contribution in [1.29, 1.82) is 0 Å². The van der Waals surface area contributed by atoms with Gasteiger partial charge in [0.2, 0.25) is 0 Å². The van der Waals surface area contributed by atoms with Crippen molar-refractivity contribution in [3.8, 4) is 28.0 Å². The Labute approximate surface area is 163 Å². The zero-order chi connectivity index (χ0) is 20.4. The summed E-state index contributed by atoms with van der Waals surface area (Å²) in [4.78, 5) is 11.6. The smallest absolute Gasteiger partial charge is 0.338 e. The van der Waals surface area contributed by atoms with E-state index in [1.54, 1.807) is 56.3 Å². The largest absolute Gasteiger partial charge is 0.423 e. The first-order valence-corrected chi connectivity index (χ1v) is 8.81. The average molecular weight is 378 g/mol. The molecule has 0 amide bonds. The first-order chi connectivity index (χ1) is 13.3. The molecule has 0 spiro atoms. The zero-order valence-electron chi connectivity index (χ0n) is 16.0. The lowest BCUT2D eigenvalue weighted by molar-refractivity contribution is -0.130. The van der Waals surface area contributed by atoms with Gasteiger partial charge in [-0.25, -0.2) is 13.6 Å². The number of carbonyl (C=O) groups excluding carboxylic acids is 1. The summed E-state index contributed by atoms with van der Waals surface area (Å²) in [7, 11) is 0. The van der Waals surface area contributed by atoms with Crippen molar-refractivity contribution in [2.75, 3.05) is 0 Å². The maximum atomic E-state index is 14.7. The molecule has 4 heteroatoms. The molecule has 0 saturated heterocycles. The summed E-state index contributed by atoms with van der Waals surface area (Å²) >= 11 is 0. The Morgan fingerprint density at radius 1 is 0.821 bits per heavy atom. The Bertz CT molecular complexity index is 1080. The fraction of sp³-hybridized carbons (Fsp3) is 0.125. The summed E-state index contributed by atoms with van der Waals surface area (Å²) in [5, 5.41) is 0. The van der Waals surface area contributed by atoms with E-state index in [0.717, 1.165) is 11.1 Å². The molecule has 0 aliphatic rings. The molecule has 0 N–H and O–H groups in total. The first-order valence-electron chi connectivity index (χ1n) is 8.81. The van der Waals surface area contributed by atoms with Crippen LogP contribution in [-0.4, -0.2) is 5.97 Å². The molecule has 0 heterocycles. The van der Waals surface area contributed by atoms with Crippen LogP contribution in [0.1, 0.15) is 18.1 Å². The van der Waals surface area contributed by atoms with Gasteiger partial charge in [0.05, 0.1) is 0 Å². The van der Waals surface area contributed by atoms with Crippen LogP contribution >= 0.6 is 0 Å². The fourth-order valence-corrected chi connectivity index (χ4v) is 2.89. The molecule has 0 fully saturated rings. The van der Waals surface area contributed by atoms with Gasteiger partial charge in [-0.3, -0.25) is 0 Å². The van der Waals surface area contributed by atoms with Crippen LogP contribution in [0.5, 0.6) is 5.75 Å². The molecule has 3 aromatic rings. The number of hydrogen-bond donors (Lipinski definition) is 0. The number of rotatable bonds is 4. The molecule has 0 aliphatic carbocycles. The van der Waals surface area contributed by atoms with E-state index in [2.05, 4.69) is 6.58 Å². The molecule has 28 heavy (non-hydrogen) atoms. The molecular formula is C24H20F2O2. The molecule has 142 valence electrons. The molecule has 0 atom stereocenters. The number of aryl methyl sites for hydroxylation is 2. The van der Waals surface area contributed by atoms with Crippen molar-refractivity contribution in [3.05, 3.63) is 89.5 Å². The highest BCUT2D eigenvalue weighted by molar-refractivity contribution is 5.89. The van der Waals surface area contributed by atoms with Gasteiger partial charge < -0.3 is 4.74 Å². The van der Waals surface area contributed by atoms with Crippen molar-refractivity contribution >= 4 is 5.97 Å². The molecule has 0 saturated carbocycles. The quantitative estimate of drug-likeness (QED) is 0.298. The van der Waals surface area contributed by atoms with E-state index in [1.165, 1.54) is 12.1 Å². The molecular weight excluding hydrogens is 358 g/mol. The number of carbonyl (C=O) groups is 1. The highest BCUT2D eigenvalue weighted by atomic mass is 19.1. The lowest BCUT2D eigenvalue weighted by atomic mass is 9.96. The minimum atomic E-state index is -0.493. The molecule has 2 nitrogen and oxygen atoms in total. The van der Waals surface area contributed by atoms with E-state index in [9.17, 15) is 13.6 Å². The minimum Gasteiger partial charge on any atom is -0.423 e. The second-order valence-corrected chi connectivity index (χ2v) is 6.81. The number of hydrogen-bond acceptors (Lipinski definition) is 2. The third kappa shape index (κ3) is 4.01. The van der Waals surface area contributed by atoms with Crippen molar-refractivity contribution in [2.24, 2.45) is 0 Å². The van der Waals surface area contributed by atoms with Crippen LogP contribution in [0.2, 0.25) is 0 Å². The SMILES string of the molecule is C=C(C)C(=O)Oc1ccc(-c2ccc(-c3ccc(C)c(F)c3)c(F)c2)c(C)c1. The number of halogens is 2. The van der Waals surface area contributed by atoms with E-state index in [1.807, 2.05) is 6.92 Å². The number of benzene rings is 3. The van der Waals surface area contributed by atoms with Crippen LogP contribution in [0.15, 0.2) is 66.7 Å². The van der Waals surface area contributed by atoms with E-state index < -0.39 is 11.8 Å². The summed E-state index contributed by atoms with van der Waals surface area (Å²) in [6.45, 7) is 8.65. The maximum Gasteiger partial charge on any atom is 0.338 e. The van der Waals surface area contributed by atoms with Crippen LogP contribution < -0.4 is 4.74 Å². The minimum absolute atomic E-state index is 0.312. The highest BCUT2D eigenvalue weighted by Gasteiger charge is 2.12. The zero-order valence-corrected chi connectivity index (χ0v) is 16.0. The molecule has 0 aromatic heterocycles. The summed E-state index contributed by atoms with van der Waals surface area (Å²) < 4.78 is 33.8. The molecule has 0 bridgehead atoms. The van der Waals surface area contributed by atoms with Crippen molar-refractivity contribution in [1.82, 2.24) is 0 Å². The lowest BCUT2D eigenvalue weighted by Crippen LogP contribution is -2.08. The number of esters is 1. The molecule has 0 aliphatic heterocycles. The van der Waals surface area contributed by atoms with Gasteiger partial charge in [0.15, 0.2) is 0 Å². The monoisotopic (exact) mass is 378 g/mol. The van der Waals surface area contributed by atoms with Gasteiger partial charge in [0.25, 0.3) is 0 Å². The summed E-state index contributed by atoms with van der Waals surface area (Å²) in [5.74, 6) is -0.885. The van der Waals surface area contributed by atoms with Crippen LogP contribution in [0.4, 0.5) is 8.78 Å².